The highest BCUT2D eigenvalue weighted by Crippen LogP contribution is 2.32. The summed E-state index contributed by atoms with van der Waals surface area (Å²) < 4.78 is 30.8. The van der Waals surface area contributed by atoms with E-state index in [2.05, 4.69) is 4.72 Å². The lowest BCUT2D eigenvalue weighted by atomic mass is 10.3. The summed E-state index contributed by atoms with van der Waals surface area (Å²) in [7, 11) is -1.72. The molecule has 0 aliphatic heterocycles. The number of ether oxygens (including phenoxy) is 1. The number of rotatable bonds is 4. The second-order valence-corrected chi connectivity index (χ2v) is 6.06. The van der Waals surface area contributed by atoms with Gasteiger partial charge < -0.3 is 4.74 Å². The molecule has 1 fully saturated rings. The molecule has 16 heavy (non-hydrogen) atoms. The Morgan fingerprint density at radius 3 is 2.62 bits per heavy atom. The molecular formula is C10H12ClNO3S. The van der Waals surface area contributed by atoms with Crippen molar-refractivity contribution in [2.24, 2.45) is 0 Å². The minimum atomic E-state index is -3.23. The Balaban J connectivity index is 2.19. The van der Waals surface area contributed by atoms with Crippen LogP contribution in [0, 0.1) is 0 Å². The minimum Gasteiger partial charge on any atom is -0.495 e. The van der Waals surface area contributed by atoms with E-state index in [0.717, 1.165) is 12.8 Å². The zero-order valence-electron chi connectivity index (χ0n) is 8.73. The minimum absolute atomic E-state index is 0.242. The van der Waals surface area contributed by atoms with Crippen molar-refractivity contribution in [2.45, 2.75) is 18.1 Å². The molecule has 1 N–H and O–H groups in total. The van der Waals surface area contributed by atoms with E-state index in [4.69, 9.17) is 16.3 Å². The smallest absolute Gasteiger partial charge is 0.235 e. The zero-order valence-corrected chi connectivity index (χ0v) is 10.3. The molecule has 6 heteroatoms. The maximum atomic E-state index is 11.6. The first-order chi connectivity index (χ1) is 7.53. The predicted octanol–water partition coefficient (Wildman–Crippen LogP) is 2.25. The molecule has 0 atom stereocenters. The van der Waals surface area contributed by atoms with Crippen molar-refractivity contribution in [2.75, 3.05) is 11.8 Å². The van der Waals surface area contributed by atoms with Crippen LogP contribution in [0.25, 0.3) is 0 Å². The van der Waals surface area contributed by atoms with Gasteiger partial charge in [0.15, 0.2) is 0 Å². The van der Waals surface area contributed by atoms with E-state index in [1.165, 1.54) is 7.11 Å². The van der Waals surface area contributed by atoms with Gasteiger partial charge in [0, 0.05) is 0 Å². The molecule has 0 radical (unpaired) electrons. The summed E-state index contributed by atoms with van der Waals surface area (Å²) in [4.78, 5) is 0. The molecule has 1 aromatic rings. The third kappa shape index (κ3) is 2.41. The Bertz CT molecular complexity index is 497. The lowest BCUT2D eigenvalue weighted by molar-refractivity contribution is 0.415. The summed E-state index contributed by atoms with van der Waals surface area (Å²) in [6, 6.07) is 4.80. The van der Waals surface area contributed by atoms with Crippen LogP contribution < -0.4 is 9.46 Å². The number of nitrogens with one attached hydrogen (secondary N) is 1. The first-order valence-corrected chi connectivity index (χ1v) is 6.80. The highest BCUT2D eigenvalue weighted by Gasteiger charge is 2.35. The maximum Gasteiger partial charge on any atom is 0.235 e. The number of benzene rings is 1. The summed E-state index contributed by atoms with van der Waals surface area (Å²) >= 11 is 5.89. The number of halogens is 1. The third-order valence-corrected chi connectivity index (χ3v) is 4.54. The quantitative estimate of drug-likeness (QED) is 0.904. The van der Waals surface area contributed by atoms with E-state index in [1.807, 2.05) is 0 Å². The van der Waals surface area contributed by atoms with Crippen LogP contribution >= 0.6 is 11.6 Å². The topological polar surface area (TPSA) is 55.4 Å². The standard InChI is InChI=1S/C10H12ClNO3S/c1-15-10-5-2-7(6-9(10)11)12-16(13,14)8-3-4-8/h2,5-6,8,12H,3-4H2,1H3. The van der Waals surface area contributed by atoms with E-state index in [1.54, 1.807) is 18.2 Å². The molecular weight excluding hydrogens is 250 g/mol. The van der Waals surface area contributed by atoms with Crippen molar-refractivity contribution in [3.8, 4) is 5.75 Å². The second kappa shape index (κ2) is 4.14. The Morgan fingerprint density at radius 2 is 2.12 bits per heavy atom. The van der Waals surface area contributed by atoms with Crippen molar-refractivity contribution >= 4 is 27.3 Å². The van der Waals surface area contributed by atoms with E-state index in [9.17, 15) is 8.42 Å². The van der Waals surface area contributed by atoms with Crippen LogP contribution in [0.3, 0.4) is 0 Å². The van der Waals surface area contributed by atoms with Crippen LogP contribution in [0.15, 0.2) is 18.2 Å². The van der Waals surface area contributed by atoms with Crippen LogP contribution in [-0.4, -0.2) is 20.8 Å². The largest absolute Gasteiger partial charge is 0.495 e. The molecule has 4 nitrogen and oxygen atoms in total. The molecule has 0 aromatic heterocycles. The molecule has 1 aliphatic rings. The van der Waals surface area contributed by atoms with Gasteiger partial charge in [0.1, 0.15) is 5.75 Å². The highest BCUT2D eigenvalue weighted by atomic mass is 35.5. The number of methoxy groups -OCH3 is 1. The molecule has 1 saturated carbocycles. The number of sulfonamides is 1. The Morgan fingerprint density at radius 1 is 1.44 bits per heavy atom. The van der Waals surface area contributed by atoms with Crippen LogP contribution in [0.2, 0.25) is 5.02 Å². The molecule has 88 valence electrons. The molecule has 0 bridgehead atoms. The first-order valence-electron chi connectivity index (χ1n) is 4.88. The Hall–Kier alpha value is -0.940. The van der Waals surface area contributed by atoms with Gasteiger partial charge in [0.05, 0.1) is 23.1 Å². The first kappa shape index (κ1) is 11.5. The van der Waals surface area contributed by atoms with Gasteiger partial charge in [-0.15, -0.1) is 0 Å². The molecule has 0 unspecified atom stereocenters. The molecule has 2 rings (SSSR count). The Kier molecular flexibility index (Phi) is 2.99. The fourth-order valence-corrected chi connectivity index (χ4v) is 2.99. The zero-order chi connectivity index (χ0) is 11.8. The summed E-state index contributed by atoms with van der Waals surface area (Å²) in [5.41, 5.74) is 0.470. The van der Waals surface area contributed by atoms with Gasteiger partial charge in [0.2, 0.25) is 10.0 Å². The molecule has 1 aliphatic carbocycles. The number of anilines is 1. The summed E-state index contributed by atoms with van der Waals surface area (Å²) in [5, 5.41) is 0.145. The lowest BCUT2D eigenvalue weighted by Crippen LogP contribution is -2.17. The van der Waals surface area contributed by atoms with Gasteiger partial charge in [-0.3, -0.25) is 4.72 Å². The van der Waals surface area contributed by atoms with Gasteiger partial charge in [-0.05, 0) is 31.0 Å². The molecule has 0 spiro atoms. The molecule has 0 saturated heterocycles. The van der Waals surface area contributed by atoms with E-state index < -0.39 is 10.0 Å². The normalized spacial score (nSPS) is 15.9. The third-order valence-electron chi connectivity index (χ3n) is 2.38. The van der Waals surface area contributed by atoms with Crippen molar-refractivity contribution in [1.29, 1.82) is 0 Å². The van der Waals surface area contributed by atoms with Crippen molar-refractivity contribution in [3.63, 3.8) is 0 Å². The van der Waals surface area contributed by atoms with E-state index in [-0.39, 0.29) is 5.25 Å². The van der Waals surface area contributed by atoms with Crippen LogP contribution in [0.4, 0.5) is 5.69 Å². The van der Waals surface area contributed by atoms with Gasteiger partial charge in [-0.25, -0.2) is 8.42 Å². The van der Waals surface area contributed by atoms with Gasteiger partial charge in [0.25, 0.3) is 0 Å². The highest BCUT2D eigenvalue weighted by molar-refractivity contribution is 7.93. The number of hydrogen-bond acceptors (Lipinski definition) is 3. The summed E-state index contributed by atoms with van der Waals surface area (Å²) in [5.74, 6) is 0.524. The van der Waals surface area contributed by atoms with Gasteiger partial charge in [-0.1, -0.05) is 11.6 Å². The molecule has 1 aromatic carbocycles. The monoisotopic (exact) mass is 261 g/mol. The fourth-order valence-electron chi connectivity index (χ4n) is 1.36. The van der Waals surface area contributed by atoms with Crippen molar-refractivity contribution in [3.05, 3.63) is 23.2 Å². The lowest BCUT2D eigenvalue weighted by Gasteiger charge is -2.08. The van der Waals surface area contributed by atoms with Crippen molar-refractivity contribution < 1.29 is 13.2 Å². The van der Waals surface area contributed by atoms with Crippen LogP contribution in [-0.2, 0) is 10.0 Å². The average Bonchev–Trinajstić information content (AvgIpc) is 3.00. The van der Waals surface area contributed by atoms with Crippen LogP contribution in [0.5, 0.6) is 5.75 Å². The van der Waals surface area contributed by atoms with Crippen molar-refractivity contribution in [1.82, 2.24) is 0 Å². The predicted molar refractivity (Wildman–Crippen MR) is 63.6 cm³/mol. The second-order valence-electron chi connectivity index (χ2n) is 3.70. The van der Waals surface area contributed by atoms with Gasteiger partial charge >= 0.3 is 0 Å². The number of hydrogen-bond donors (Lipinski definition) is 1. The SMILES string of the molecule is COc1ccc(NS(=O)(=O)C2CC2)cc1Cl. The Labute approximate surface area is 99.6 Å². The summed E-state index contributed by atoms with van der Waals surface area (Å²) in [6.45, 7) is 0. The molecule has 0 heterocycles. The summed E-state index contributed by atoms with van der Waals surface area (Å²) in [6.07, 6.45) is 1.47. The maximum absolute atomic E-state index is 11.6. The molecule has 0 amide bonds. The van der Waals surface area contributed by atoms with E-state index in [0.29, 0.717) is 16.5 Å². The average molecular weight is 262 g/mol. The fraction of sp³-hybridized carbons (Fsp3) is 0.400. The van der Waals surface area contributed by atoms with Gasteiger partial charge in [-0.2, -0.15) is 0 Å². The van der Waals surface area contributed by atoms with E-state index >= 15 is 0 Å². The van der Waals surface area contributed by atoms with Crippen LogP contribution in [0.1, 0.15) is 12.8 Å².